The average molecular weight is 528 g/mol. The summed E-state index contributed by atoms with van der Waals surface area (Å²) in [6.07, 6.45) is 0.0771. The van der Waals surface area contributed by atoms with Crippen molar-refractivity contribution >= 4 is 18.4 Å². The molecule has 0 radical (unpaired) electrons. The molecule has 0 spiro atoms. The van der Waals surface area contributed by atoms with Crippen molar-refractivity contribution in [3.63, 3.8) is 0 Å². The van der Waals surface area contributed by atoms with Crippen molar-refractivity contribution in [2.24, 2.45) is 0 Å². The number of nitrogens with zero attached hydrogens (tertiary/aromatic N) is 1. The van der Waals surface area contributed by atoms with Gasteiger partial charge in [0, 0.05) is 37.2 Å². The van der Waals surface area contributed by atoms with Crippen molar-refractivity contribution in [2.75, 3.05) is 6.61 Å². The Hall–Kier alpha value is -3.80. The van der Waals surface area contributed by atoms with Gasteiger partial charge < -0.3 is 14.6 Å². The molecule has 1 N–H and O–H groups in total. The fourth-order valence-corrected chi connectivity index (χ4v) is 5.33. The van der Waals surface area contributed by atoms with Gasteiger partial charge >= 0.3 is 5.97 Å². The Balaban J connectivity index is 0.00000294. The molecule has 0 saturated heterocycles. The smallest absolute Gasteiger partial charge is 0.304 e. The second-order valence-corrected chi connectivity index (χ2v) is 9.91. The minimum atomic E-state index is -0.811. The molecule has 6 rings (SSSR count). The van der Waals surface area contributed by atoms with Gasteiger partial charge in [-0.05, 0) is 51.6 Å². The van der Waals surface area contributed by atoms with Crippen LogP contribution in [0.2, 0.25) is 0 Å². The molecule has 0 fully saturated rings. The summed E-state index contributed by atoms with van der Waals surface area (Å²) >= 11 is 0. The Labute approximate surface area is 229 Å². The van der Waals surface area contributed by atoms with Crippen molar-refractivity contribution in [2.45, 2.75) is 38.6 Å². The molecule has 5 nitrogen and oxygen atoms in total. The van der Waals surface area contributed by atoms with Gasteiger partial charge in [-0.1, -0.05) is 66.7 Å². The molecule has 4 aromatic carbocycles. The van der Waals surface area contributed by atoms with Crippen molar-refractivity contribution < 1.29 is 19.4 Å². The van der Waals surface area contributed by atoms with E-state index in [4.69, 9.17) is 14.6 Å². The predicted octanol–water partition coefficient (Wildman–Crippen LogP) is 6.82. The maximum atomic E-state index is 11.1. The first-order valence-corrected chi connectivity index (χ1v) is 12.7. The lowest BCUT2D eigenvalue weighted by molar-refractivity contribution is -0.137. The third kappa shape index (κ3) is 5.69. The molecule has 0 bridgehead atoms. The number of hydrogen-bond acceptors (Lipinski definition) is 4. The highest BCUT2D eigenvalue weighted by Crippen LogP contribution is 2.38. The number of hydrogen-bond donors (Lipinski definition) is 1. The number of ether oxygens (including phenoxy) is 2. The van der Waals surface area contributed by atoms with E-state index in [1.165, 1.54) is 27.8 Å². The van der Waals surface area contributed by atoms with E-state index in [1.807, 2.05) is 18.2 Å². The monoisotopic (exact) mass is 527 g/mol. The molecule has 2 heterocycles. The third-order valence-corrected chi connectivity index (χ3v) is 7.19. The van der Waals surface area contributed by atoms with Gasteiger partial charge in [-0.15, -0.1) is 12.4 Å². The van der Waals surface area contributed by atoms with E-state index < -0.39 is 5.97 Å². The van der Waals surface area contributed by atoms with Gasteiger partial charge in [-0.25, -0.2) is 0 Å². The Bertz CT molecular complexity index is 1440. The summed E-state index contributed by atoms with van der Waals surface area (Å²) in [6, 6.07) is 31.6. The minimum Gasteiger partial charge on any atom is -0.492 e. The summed E-state index contributed by atoms with van der Waals surface area (Å²) in [4.78, 5) is 13.6. The van der Waals surface area contributed by atoms with Crippen LogP contribution in [0.5, 0.6) is 11.5 Å². The molecule has 0 amide bonds. The molecule has 4 aromatic rings. The molecule has 1 atom stereocenters. The molecule has 0 unspecified atom stereocenters. The van der Waals surface area contributed by atoms with Crippen molar-refractivity contribution in [1.29, 1.82) is 0 Å². The lowest BCUT2D eigenvalue weighted by Gasteiger charge is -2.14. The molecule has 0 aromatic heterocycles. The number of carboxylic acids is 1. The van der Waals surface area contributed by atoms with Crippen LogP contribution < -0.4 is 9.47 Å². The number of rotatable bonds is 8. The van der Waals surface area contributed by atoms with Gasteiger partial charge in [0.05, 0.1) is 13.0 Å². The van der Waals surface area contributed by atoms with E-state index in [0.717, 1.165) is 42.3 Å². The van der Waals surface area contributed by atoms with Gasteiger partial charge in [-0.3, -0.25) is 9.69 Å². The maximum absolute atomic E-state index is 11.1. The third-order valence-electron chi connectivity index (χ3n) is 7.19. The number of halogens is 1. The van der Waals surface area contributed by atoms with Gasteiger partial charge in [0.25, 0.3) is 0 Å². The lowest BCUT2D eigenvalue weighted by atomic mass is 9.98. The van der Waals surface area contributed by atoms with Crippen LogP contribution in [-0.4, -0.2) is 22.6 Å². The number of fused-ring (bicyclic) bond motifs is 2. The largest absolute Gasteiger partial charge is 0.492 e. The van der Waals surface area contributed by atoms with E-state index in [0.29, 0.717) is 13.2 Å². The number of benzene rings is 4. The number of carboxylic acid groups (broad SMARTS) is 1. The van der Waals surface area contributed by atoms with Crippen molar-refractivity contribution in [3.05, 3.63) is 119 Å². The van der Waals surface area contributed by atoms with Gasteiger partial charge in [0.15, 0.2) is 0 Å². The highest BCUT2D eigenvalue weighted by atomic mass is 35.5. The summed E-state index contributed by atoms with van der Waals surface area (Å²) in [6.45, 7) is 3.76. The standard InChI is InChI=1S/C32H29NO4.ClH/c34-32(35)15-28-21-37-31-16-29(11-12-30(28)31)36-20-23-7-4-8-24(13-23)25-9-10-26-18-33(19-27(26)14-25)17-22-5-2-1-3-6-22;/h1-14,16,28H,15,17-21H2,(H,34,35);1H/t28-;/m1./s1. The van der Waals surface area contributed by atoms with Crippen LogP contribution in [0.1, 0.15) is 40.2 Å². The first kappa shape index (κ1) is 25.8. The maximum Gasteiger partial charge on any atom is 0.304 e. The molecule has 0 aliphatic carbocycles. The molecule has 2 aliphatic rings. The molecular weight excluding hydrogens is 498 g/mol. The topological polar surface area (TPSA) is 59.0 Å². The van der Waals surface area contributed by atoms with Crippen LogP contribution in [0.4, 0.5) is 0 Å². The number of aliphatic carboxylic acids is 1. The number of carbonyl (C=O) groups is 1. The van der Waals surface area contributed by atoms with E-state index in [2.05, 4.69) is 77.7 Å². The Kier molecular flexibility index (Phi) is 7.68. The minimum absolute atomic E-state index is 0. The van der Waals surface area contributed by atoms with Gasteiger partial charge in [-0.2, -0.15) is 0 Å². The zero-order chi connectivity index (χ0) is 25.2. The Morgan fingerprint density at radius 3 is 2.50 bits per heavy atom. The quantitative estimate of drug-likeness (QED) is 0.272. The van der Waals surface area contributed by atoms with Gasteiger partial charge in [0.2, 0.25) is 0 Å². The lowest BCUT2D eigenvalue weighted by Crippen LogP contribution is -2.15. The van der Waals surface area contributed by atoms with Crippen LogP contribution in [0.3, 0.4) is 0 Å². The van der Waals surface area contributed by atoms with Crippen LogP contribution in [0.15, 0.2) is 91.0 Å². The molecule has 2 aliphatic heterocycles. The van der Waals surface area contributed by atoms with E-state index >= 15 is 0 Å². The van der Waals surface area contributed by atoms with Crippen LogP contribution >= 0.6 is 12.4 Å². The normalized spacial score (nSPS) is 15.7. The highest BCUT2D eigenvalue weighted by Gasteiger charge is 2.26. The summed E-state index contributed by atoms with van der Waals surface area (Å²) in [5.74, 6) is 0.527. The van der Waals surface area contributed by atoms with Crippen LogP contribution in [-0.2, 0) is 31.0 Å². The first-order valence-electron chi connectivity index (χ1n) is 12.7. The second-order valence-electron chi connectivity index (χ2n) is 9.91. The Morgan fingerprint density at radius 1 is 0.868 bits per heavy atom. The second kappa shape index (κ2) is 11.3. The zero-order valence-electron chi connectivity index (χ0n) is 21.0. The SMILES string of the molecule is Cl.O=C(O)C[C@@H]1COc2cc(OCc3cccc(-c4ccc5c(c4)CN(Cc4ccccc4)C5)c3)ccc21. The average Bonchev–Trinajstić information content (AvgIpc) is 3.50. The molecule has 38 heavy (non-hydrogen) atoms. The van der Waals surface area contributed by atoms with E-state index in [9.17, 15) is 4.79 Å². The molecular formula is C32H30ClNO4. The summed E-state index contributed by atoms with van der Waals surface area (Å²) < 4.78 is 11.8. The summed E-state index contributed by atoms with van der Waals surface area (Å²) in [7, 11) is 0. The molecule has 194 valence electrons. The Morgan fingerprint density at radius 2 is 1.66 bits per heavy atom. The predicted molar refractivity (Wildman–Crippen MR) is 150 cm³/mol. The van der Waals surface area contributed by atoms with Crippen molar-refractivity contribution in [3.8, 4) is 22.6 Å². The highest BCUT2D eigenvalue weighted by molar-refractivity contribution is 5.85. The molecule has 6 heteroatoms. The first-order chi connectivity index (χ1) is 18.1. The van der Waals surface area contributed by atoms with Crippen molar-refractivity contribution in [1.82, 2.24) is 4.90 Å². The fraction of sp³-hybridized carbons (Fsp3) is 0.219. The van der Waals surface area contributed by atoms with E-state index in [-0.39, 0.29) is 24.7 Å². The fourth-order valence-electron chi connectivity index (χ4n) is 5.33. The summed E-state index contributed by atoms with van der Waals surface area (Å²) in [5.41, 5.74) is 8.58. The zero-order valence-corrected chi connectivity index (χ0v) is 21.8. The van der Waals surface area contributed by atoms with E-state index in [1.54, 1.807) is 0 Å². The summed E-state index contributed by atoms with van der Waals surface area (Å²) in [5, 5.41) is 9.10. The molecule has 0 saturated carbocycles. The van der Waals surface area contributed by atoms with Crippen LogP contribution in [0, 0.1) is 0 Å². The van der Waals surface area contributed by atoms with Crippen LogP contribution in [0.25, 0.3) is 11.1 Å². The van der Waals surface area contributed by atoms with Gasteiger partial charge in [0.1, 0.15) is 18.1 Å².